The fraction of sp³-hybridized carbons (Fsp3) is 0.238. The van der Waals surface area contributed by atoms with Crippen molar-refractivity contribution >= 4 is 53.9 Å². The van der Waals surface area contributed by atoms with Crippen LogP contribution in [0.2, 0.25) is 0 Å². The number of para-hydroxylation sites is 4. The second-order valence-electron chi connectivity index (χ2n) is 7.22. The maximum atomic E-state index is 5.00. The van der Waals surface area contributed by atoms with E-state index in [1.165, 1.54) is 0 Å². The Morgan fingerprint density at radius 3 is 1.26 bits per heavy atom. The molecule has 4 atom stereocenters. The highest BCUT2D eigenvalue weighted by Crippen LogP contribution is 2.59. The third-order valence-corrected chi connectivity index (χ3v) is 7.83. The van der Waals surface area contributed by atoms with Crippen LogP contribution in [-0.2, 0) is 0 Å². The molecule has 0 amide bonds. The predicted octanol–water partition coefficient (Wildman–Crippen LogP) is 5.73. The van der Waals surface area contributed by atoms with Gasteiger partial charge < -0.3 is 0 Å². The maximum Gasteiger partial charge on any atom is 0.0890 e. The zero-order valence-electron chi connectivity index (χ0n) is 14.2. The Balaban J connectivity index is 1.61. The summed E-state index contributed by atoms with van der Waals surface area (Å²) < 4.78 is 0. The average Bonchev–Trinajstić information content (AvgIpc) is 2.71. The number of hydrogen-bond acceptors (Lipinski definition) is 4. The summed E-state index contributed by atoms with van der Waals surface area (Å²) in [6.45, 7) is 0. The lowest BCUT2D eigenvalue weighted by atomic mass is 9.72. The SMILES string of the molecule is Br[C@@H]1c2nc3ccccc3nc2[C@@H]2C[C@H]1c1nc3ccccc3nc1[C@H]2Br. The molecule has 0 fully saturated rings. The lowest BCUT2D eigenvalue weighted by Crippen LogP contribution is -2.31. The van der Waals surface area contributed by atoms with Gasteiger partial charge in [-0.15, -0.1) is 0 Å². The van der Waals surface area contributed by atoms with E-state index in [-0.39, 0.29) is 21.5 Å². The summed E-state index contributed by atoms with van der Waals surface area (Å²) in [6, 6.07) is 16.2. The molecule has 2 aromatic heterocycles. The molecule has 132 valence electrons. The molecule has 4 nitrogen and oxygen atoms in total. The molecule has 2 aliphatic carbocycles. The van der Waals surface area contributed by atoms with Gasteiger partial charge in [0.25, 0.3) is 0 Å². The predicted molar refractivity (Wildman–Crippen MR) is 113 cm³/mol. The van der Waals surface area contributed by atoms with Crippen molar-refractivity contribution in [2.45, 2.75) is 27.9 Å². The minimum absolute atomic E-state index is 0.0927. The fourth-order valence-electron chi connectivity index (χ4n) is 4.40. The van der Waals surface area contributed by atoms with Crippen molar-refractivity contribution in [3.05, 3.63) is 71.3 Å². The Hall–Kier alpha value is -1.92. The van der Waals surface area contributed by atoms with Crippen molar-refractivity contribution < 1.29 is 0 Å². The highest BCUT2D eigenvalue weighted by atomic mass is 79.9. The molecule has 6 rings (SSSR count). The van der Waals surface area contributed by atoms with Crippen LogP contribution < -0.4 is 0 Å². The number of halogens is 2. The van der Waals surface area contributed by atoms with Crippen molar-refractivity contribution in [3.63, 3.8) is 0 Å². The summed E-state index contributed by atoms with van der Waals surface area (Å²) in [7, 11) is 0. The van der Waals surface area contributed by atoms with Gasteiger partial charge in [0.1, 0.15) is 0 Å². The minimum Gasteiger partial charge on any atom is -0.249 e. The molecule has 2 heterocycles. The maximum absolute atomic E-state index is 5.00. The first-order valence-corrected chi connectivity index (χ1v) is 10.8. The summed E-state index contributed by atoms with van der Waals surface area (Å²) in [5.41, 5.74) is 8.02. The average molecular weight is 482 g/mol. The molecule has 27 heavy (non-hydrogen) atoms. The molecule has 6 heteroatoms. The number of benzene rings is 2. The fourth-order valence-corrected chi connectivity index (χ4v) is 6.01. The van der Waals surface area contributed by atoms with E-state index < -0.39 is 0 Å². The first-order chi connectivity index (χ1) is 13.2. The van der Waals surface area contributed by atoms with Crippen LogP contribution in [0.15, 0.2) is 48.5 Å². The van der Waals surface area contributed by atoms with Crippen molar-refractivity contribution in [1.82, 2.24) is 19.9 Å². The topological polar surface area (TPSA) is 51.6 Å². The minimum atomic E-state index is 0.0927. The van der Waals surface area contributed by atoms with E-state index in [4.69, 9.17) is 19.9 Å². The van der Waals surface area contributed by atoms with Crippen molar-refractivity contribution in [3.8, 4) is 0 Å². The van der Waals surface area contributed by atoms with Crippen molar-refractivity contribution in [1.29, 1.82) is 0 Å². The van der Waals surface area contributed by atoms with Crippen molar-refractivity contribution in [2.75, 3.05) is 0 Å². The summed E-state index contributed by atoms with van der Waals surface area (Å²) in [5, 5.41) is 0. The van der Waals surface area contributed by atoms with Gasteiger partial charge in [0, 0.05) is 11.8 Å². The van der Waals surface area contributed by atoms with Gasteiger partial charge in [0.05, 0.1) is 54.5 Å². The molecule has 0 saturated heterocycles. The second-order valence-corrected chi connectivity index (χ2v) is 9.19. The zero-order chi connectivity index (χ0) is 18.1. The molecule has 0 unspecified atom stereocenters. The monoisotopic (exact) mass is 480 g/mol. The van der Waals surface area contributed by atoms with Crippen LogP contribution in [0, 0.1) is 0 Å². The Kier molecular flexibility index (Phi) is 3.44. The van der Waals surface area contributed by atoms with Gasteiger partial charge in [0.2, 0.25) is 0 Å². The largest absolute Gasteiger partial charge is 0.249 e. The van der Waals surface area contributed by atoms with Crippen LogP contribution in [0.25, 0.3) is 22.1 Å². The highest BCUT2D eigenvalue weighted by Gasteiger charge is 2.47. The van der Waals surface area contributed by atoms with E-state index in [0.717, 1.165) is 51.3 Å². The van der Waals surface area contributed by atoms with E-state index in [0.29, 0.717) is 0 Å². The second kappa shape index (κ2) is 5.79. The number of rotatable bonds is 0. The third kappa shape index (κ3) is 2.26. The molecule has 0 radical (unpaired) electrons. The van der Waals surface area contributed by atoms with Crippen LogP contribution in [0.5, 0.6) is 0 Å². The van der Waals surface area contributed by atoms with E-state index in [9.17, 15) is 0 Å². The van der Waals surface area contributed by atoms with Gasteiger partial charge in [-0.05, 0) is 30.7 Å². The van der Waals surface area contributed by atoms with E-state index in [2.05, 4.69) is 31.9 Å². The Morgan fingerprint density at radius 2 is 0.889 bits per heavy atom. The van der Waals surface area contributed by atoms with Gasteiger partial charge >= 0.3 is 0 Å². The summed E-state index contributed by atoms with van der Waals surface area (Å²) >= 11 is 7.86. The molecule has 0 aliphatic heterocycles. The van der Waals surface area contributed by atoms with Crippen LogP contribution in [0.3, 0.4) is 0 Å². The number of fused-ring (bicyclic) bond motifs is 8. The lowest BCUT2D eigenvalue weighted by Gasteiger charge is -2.40. The smallest absolute Gasteiger partial charge is 0.0890 e. The van der Waals surface area contributed by atoms with Gasteiger partial charge in [-0.2, -0.15) is 0 Å². The van der Waals surface area contributed by atoms with Gasteiger partial charge in [-0.25, -0.2) is 19.9 Å². The Bertz CT molecular complexity index is 1130. The number of aromatic nitrogens is 4. The molecule has 0 spiro atoms. The van der Waals surface area contributed by atoms with Crippen LogP contribution >= 0.6 is 31.9 Å². The molecule has 0 N–H and O–H groups in total. The molecule has 0 saturated carbocycles. The first-order valence-electron chi connectivity index (χ1n) is 9.02. The van der Waals surface area contributed by atoms with Gasteiger partial charge in [0.15, 0.2) is 0 Å². The number of alkyl halides is 2. The third-order valence-electron chi connectivity index (χ3n) is 5.69. The quantitative estimate of drug-likeness (QED) is 0.301. The van der Waals surface area contributed by atoms with E-state index >= 15 is 0 Å². The Morgan fingerprint density at radius 1 is 0.556 bits per heavy atom. The van der Waals surface area contributed by atoms with Gasteiger partial charge in [-0.3, -0.25) is 0 Å². The highest BCUT2D eigenvalue weighted by molar-refractivity contribution is 9.09. The summed E-state index contributed by atoms with van der Waals surface area (Å²) in [5.74, 6) is 0.498. The first kappa shape index (κ1) is 16.1. The summed E-state index contributed by atoms with van der Waals surface area (Å²) in [6.07, 6.45) is 0.992. The zero-order valence-corrected chi connectivity index (χ0v) is 17.4. The van der Waals surface area contributed by atoms with E-state index in [1.54, 1.807) is 0 Å². The number of hydrogen-bond donors (Lipinski definition) is 0. The molecule has 2 aromatic carbocycles. The lowest BCUT2D eigenvalue weighted by molar-refractivity contribution is 0.424. The molecule has 2 bridgehead atoms. The van der Waals surface area contributed by atoms with Gasteiger partial charge in [-0.1, -0.05) is 56.1 Å². The van der Waals surface area contributed by atoms with Crippen LogP contribution in [0.1, 0.15) is 50.7 Å². The summed E-state index contributed by atoms with van der Waals surface area (Å²) in [4.78, 5) is 20.1. The standard InChI is InChI=1S/C21H14Br2N4/c22-16-10-9-11(19-21(16)27-15-8-4-2-6-13(15)25-19)17(23)20-18(10)24-12-5-1-3-7-14(12)26-20/h1-8,10-11,16-17H,9H2/t10-,11-,16+,17+/m1/s1. The normalized spacial score (nSPS) is 26.0. The molecular weight excluding hydrogens is 468 g/mol. The van der Waals surface area contributed by atoms with Crippen LogP contribution in [-0.4, -0.2) is 19.9 Å². The van der Waals surface area contributed by atoms with E-state index in [1.807, 2.05) is 48.5 Å². The molecule has 2 aliphatic rings. The van der Waals surface area contributed by atoms with Crippen molar-refractivity contribution in [2.24, 2.45) is 0 Å². The molecule has 4 aromatic rings. The number of nitrogens with zero attached hydrogens (tertiary/aromatic N) is 4. The van der Waals surface area contributed by atoms with Crippen LogP contribution in [0.4, 0.5) is 0 Å². The Labute approximate surface area is 172 Å². The molecular formula is C21H14Br2N4.